The maximum Gasteiger partial charge on any atom is 0.417 e. The molecule has 0 bridgehead atoms. The van der Waals surface area contributed by atoms with Gasteiger partial charge < -0.3 is 5.11 Å². The van der Waals surface area contributed by atoms with Crippen molar-refractivity contribution in [2.24, 2.45) is 0 Å². The molecule has 1 aliphatic carbocycles. The van der Waals surface area contributed by atoms with Crippen LogP contribution in [0.15, 0.2) is 48.0 Å². The van der Waals surface area contributed by atoms with Crippen LogP contribution in [0.4, 0.5) is 17.6 Å². The largest absolute Gasteiger partial charge is 0.507 e. The molecule has 0 amide bonds. The molecule has 0 atom stereocenters. The quantitative estimate of drug-likeness (QED) is 0.567. The minimum absolute atomic E-state index is 0.106. The maximum atomic E-state index is 13.8. The van der Waals surface area contributed by atoms with E-state index in [1.54, 1.807) is 0 Å². The van der Waals surface area contributed by atoms with Gasteiger partial charge >= 0.3 is 6.18 Å². The van der Waals surface area contributed by atoms with Crippen molar-refractivity contribution in [2.75, 3.05) is 0 Å². The van der Waals surface area contributed by atoms with Crippen molar-refractivity contribution in [3.8, 4) is 11.1 Å². The van der Waals surface area contributed by atoms with Crippen LogP contribution in [-0.2, 0) is 6.18 Å². The Morgan fingerprint density at radius 1 is 0.955 bits per heavy atom. The summed E-state index contributed by atoms with van der Waals surface area (Å²) in [5, 5.41) is 9.90. The fourth-order valence-corrected chi connectivity index (χ4v) is 2.34. The van der Waals surface area contributed by atoms with Crippen LogP contribution in [0.2, 0.25) is 0 Å². The summed E-state index contributed by atoms with van der Waals surface area (Å²) in [5.74, 6) is -0.823. The first-order chi connectivity index (χ1) is 10.4. The smallest absolute Gasteiger partial charge is 0.417 e. The predicted molar refractivity (Wildman–Crippen MR) is 75.6 cm³/mol. The molecule has 22 heavy (non-hydrogen) atoms. The summed E-state index contributed by atoms with van der Waals surface area (Å²) in [7, 11) is 0. The average Bonchev–Trinajstić information content (AvgIpc) is 3.30. The van der Waals surface area contributed by atoms with Crippen molar-refractivity contribution < 1.29 is 22.7 Å². The zero-order valence-corrected chi connectivity index (χ0v) is 11.4. The lowest BCUT2D eigenvalue weighted by Crippen LogP contribution is -2.08. The SMILES string of the molecule is OC(=C1CC1)c1ccc(-c2ccccc2F)c(C(F)(F)F)c1. The van der Waals surface area contributed by atoms with E-state index in [-0.39, 0.29) is 22.4 Å². The summed E-state index contributed by atoms with van der Waals surface area (Å²) >= 11 is 0. The zero-order chi connectivity index (χ0) is 15.9. The number of aliphatic hydroxyl groups excluding tert-OH is 1. The molecule has 0 radical (unpaired) electrons. The van der Waals surface area contributed by atoms with E-state index in [4.69, 9.17) is 0 Å². The molecule has 5 heteroatoms. The molecule has 1 aliphatic rings. The molecule has 0 spiro atoms. The van der Waals surface area contributed by atoms with E-state index in [1.165, 1.54) is 30.3 Å². The molecule has 114 valence electrons. The van der Waals surface area contributed by atoms with Crippen LogP contribution in [0, 0.1) is 5.82 Å². The number of alkyl halides is 3. The number of hydrogen-bond acceptors (Lipinski definition) is 1. The number of rotatable bonds is 2. The van der Waals surface area contributed by atoms with Crippen molar-refractivity contribution >= 4 is 5.76 Å². The Hall–Kier alpha value is -2.30. The Bertz CT molecular complexity index is 753. The Labute approximate surface area is 124 Å². The highest BCUT2D eigenvalue weighted by atomic mass is 19.4. The summed E-state index contributed by atoms with van der Waals surface area (Å²) in [6.45, 7) is 0. The van der Waals surface area contributed by atoms with Crippen molar-refractivity contribution in [2.45, 2.75) is 19.0 Å². The van der Waals surface area contributed by atoms with Crippen LogP contribution in [-0.4, -0.2) is 5.11 Å². The first-order valence-electron chi connectivity index (χ1n) is 6.75. The highest BCUT2D eigenvalue weighted by Gasteiger charge is 2.35. The Morgan fingerprint density at radius 2 is 1.64 bits per heavy atom. The molecule has 0 aromatic heterocycles. The molecule has 3 rings (SSSR count). The molecular weight excluding hydrogens is 296 g/mol. The predicted octanol–water partition coefficient (Wildman–Crippen LogP) is 5.57. The van der Waals surface area contributed by atoms with Gasteiger partial charge in [-0.15, -0.1) is 0 Å². The molecular formula is C17H12F4O. The van der Waals surface area contributed by atoms with Crippen LogP contribution in [0.1, 0.15) is 24.0 Å². The van der Waals surface area contributed by atoms with E-state index >= 15 is 0 Å². The van der Waals surface area contributed by atoms with E-state index in [2.05, 4.69) is 0 Å². The van der Waals surface area contributed by atoms with Gasteiger partial charge in [0.2, 0.25) is 0 Å². The first-order valence-corrected chi connectivity index (χ1v) is 6.75. The number of benzene rings is 2. The second-order valence-corrected chi connectivity index (χ2v) is 5.19. The summed E-state index contributed by atoms with van der Waals surface area (Å²) < 4.78 is 53.7. The van der Waals surface area contributed by atoms with E-state index in [0.717, 1.165) is 17.7 Å². The fraction of sp³-hybridized carbons (Fsp3) is 0.176. The second-order valence-electron chi connectivity index (χ2n) is 5.19. The second kappa shape index (κ2) is 5.16. The van der Waals surface area contributed by atoms with Gasteiger partial charge in [-0.3, -0.25) is 0 Å². The lowest BCUT2D eigenvalue weighted by Gasteiger charge is -2.15. The molecule has 1 saturated carbocycles. The zero-order valence-electron chi connectivity index (χ0n) is 11.4. The van der Waals surface area contributed by atoms with Crippen molar-refractivity contribution in [3.05, 3.63) is 65.0 Å². The fourth-order valence-electron chi connectivity index (χ4n) is 2.34. The van der Waals surface area contributed by atoms with Gasteiger partial charge in [-0.05, 0) is 36.1 Å². The van der Waals surface area contributed by atoms with Gasteiger partial charge in [-0.25, -0.2) is 4.39 Å². The monoisotopic (exact) mass is 308 g/mol. The van der Waals surface area contributed by atoms with E-state index in [1.807, 2.05) is 0 Å². The molecule has 2 aromatic carbocycles. The van der Waals surface area contributed by atoms with Crippen LogP contribution in [0.3, 0.4) is 0 Å². The van der Waals surface area contributed by atoms with Crippen LogP contribution in [0.25, 0.3) is 16.9 Å². The molecule has 0 aliphatic heterocycles. The summed E-state index contributed by atoms with van der Waals surface area (Å²) in [4.78, 5) is 0. The number of hydrogen-bond donors (Lipinski definition) is 1. The van der Waals surface area contributed by atoms with Crippen molar-refractivity contribution in [1.82, 2.24) is 0 Å². The minimum atomic E-state index is -4.64. The molecule has 1 N–H and O–H groups in total. The molecule has 0 saturated heterocycles. The van der Waals surface area contributed by atoms with E-state index in [9.17, 15) is 22.7 Å². The molecule has 2 aromatic rings. The van der Waals surface area contributed by atoms with Crippen LogP contribution in [0.5, 0.6) is 0 Å². The first kappa shape index (κ1) is 14.6. The van der Waals surface area contributed by atoms with Gasteiger partial charge in [-0.1, -0.05) is 30.3 Å². The van der Waals surface area contributed by atoms with Crippen molar-refractivity contribution in [3.63, 3.8) is 0 Å². The molecule has 1 nitrogen and oxygen atoms in total. The third-order valence-corrected chi connectivity index (χ3v) is 3.60. The molecule has 0 unspecified atom stereocenters. The number of aliphatic hydroxyl groups is 1. The summed E-state index contributed by atoms with van der Waals surface area (Å²) in [6.07, 6.45) is -3.24. The van der Waals surface area contributed by atoms with Crippen molar-refractivity contribution in [1.29, 1.82) is 0 Å². The lowest BCUT2D eigenvalue weighted by molar-refractivity contribution is -0.137. The third kappa shape index (κ3) is 2.71. The topological polar surface area (TPSA) is 20.2 Å². The number of halogens is 4. The summed E-state index contributed by atoms with van der Waals surface area (Å²) in [5.41, 5.74) is -0.447. The van der Waals surface area contributed by atoms with Gasteiger partial charge in [0.1, 0.15) is 11.6 Å². The highest BCUT2D eigenvalue weighted by Crippen LogP contribution is 2.41. The lowest BCUT2D eigenvalue weighted by atomic mass is 9.96. The van der Waals surface area contributed by atoms with E-state index < -0.39 is 17.6 Å². The van der Waals surface area contributed by atoms with Gasteiger partial charge in [-0.2, -0.15) is 13.2 Å². The maximum absolute atomic E-state index is 13.8. The highest BCUT2D eigenvalue weighted by molar-refractivity contribution is 5.73. The number of allylic oxidation sites excluding steroid dienone is 1. The minimum Gasteiger partial charge on any atom is -0.507 e. The van der Waals surface area contributed by atoms with Gasteiger partial charge in [0.25, 0.3) is 0 Å². The average molecular weight is 308 g/mol. The Morgan fingerprint density at radius 3 is 2.23 bits per heavy atom. The van der Waals surface area contributed by atoms with Gasteiger partial charge in [0, 0.05) is 11.1 Å². The van der Waals surface area contributed by atoms with Gasteiger partial charge in [0.15, 0.2) is 0 Å². The third-order valence-electron chi connectivity index (χ3n) is 3.60. The molecule has 0 heterocycles. The van der Waals surface area contributed by atoms with E-state index in [0.29, 0.717) is 12.8 Å². The Balaban J connectivity index is 2.19. The Kier molecular flexibility index (Phi) is 3.43. The van der Waals surface area contributed by atoms with Crippen LogP contribution >= 0.6 is 0 Å². The molecule has 1 fully saturated rings. The van der Waals surface area contributed by atoms with Crippen LogP contribution < -0.4 is 0 Å². The standard InChI is InChI=1S/C17H12F4O/c18-15-4-2-1-3-13(15)12-8-7-11(16(22)10-5-6-10)9-14(12)17(19,20)21/h1-4,7-9,22H,5-6H2. The normalized spacial score (nSPS) is 14.1. The summed E-state index contributed by atoms with van der Waals surface area (Å²) in [6, 6.07) is 8.79. The van der Waals surface area contributed by atoms with Gasteiger partial charge in [0.05, 0.1) is 5.56 Å².